The van der Waals surface area contributed by atoms with E-state index in [1.54, 1.807) is 6.20 Å². The fourth-order valence-corrected chi connectivity index (χ4v) is 3.34. The molecule has 1 aliphatic carbocycles. The van der Waals surface area contributed by atoms with Crippen LogP contribution in [0.1, 0.15) is 49.0 Å². The fourth-order valence-electron chi connectivity index (χ4n) is 3.34. The molecular weight excluding hydrogens is 324 g/mol. The van der Waals surface area contributed by atoms with Gasteiger partial charge >= 0.3 is 0 Å². The predicted octanol–water partition coefficient (Wildman–Crippen LogP) is 4.53. The Morgan fingerprint density at radius 3 is 2.35 bits per heavy atom. The van der Waals surface area contributed by atoms with Crippen LogP contribution in [0.2, 0.25) is 0 Å². The Labute approximate surface area is 155 Å². The molecule has 1 aromatic heterocycles. The number of hydrogen-bond donors (Lipinski definition) is 2. The molecule has 1 aliphatic rings. The number of benzene rings is 1. The van der Waals surface area contributed by atoms with Gasteiger partial charge in [0.05, 0.1) is 0 Å². The Balaban J connectivity index is 1.63. The zero-order valence-corrected chi connectivity index (χ0v) is 15.7. The van der Waals surface area contributed by atoms with Crippen molar-refractivity contribution in [1.29, 1.82) is 0 Å². The van der Waals surface area contributed by atoms with Gasteiger partial charge in [0.25, 0.3) is 5.91 Å². The Kier molecular flexibility index (Phi) is 6.10. The first kappa shape index (κ1) is 18.2. The fraction of sp³-hybridized carbons (Fsp3) is 0.429. The average Bonchev–Trinajstić information content (AvgIpc) is 2.91. The van der Waals surface area contributed by atoms with E-state index >= 15 is 0 Å². The second-order valence-electron chi connectivity index (χ2n) is 7.16. The van der Waals surface area contributed by atoms with Gasteiger partial charge in [0.2, 0.25) is 0 Å². The van der Waals surface area contributed by atoms with Crippen LogP contribution in [0.15, 0.2) is 42.6 Å². The maximum absolute atomic E-state index is 12.5. The predicted molar refractivity (Wildman–Crippen MR) is 108 cm³/mol. The summed E-state index contributed by atoms with van der Waals surface area (Å²) in [7, 11) is 3.98. The lowest BCUT2D eigenvalue weighted by Gasteiger charge is -2.18. The molecular formula is C21H28N4O. The number of carbonyl (C=O) groups excluding carboxylic acids is 1. The first-order chi connectivity index (χ1) is 12.6. The summed E-state index contributed by atoms with van der Waals surface area (Å²) in [4.78, 5) is 18.8. The van der Waals surface area contributed by atoms with E-state index in [-0.39, 0.29) is 5.91 Å². The number of carbonyl (C=O) groups is 1. The molecule has 0 aliphatic heterocycles. The lowest BCUT2D eigenvalue weighted by molar-refractivity contribution is 0.102. The highest BCUT2D eigenvalue weighted by Crippen LogP contribution is 2.22. The molecule has 2 N–H and O–H groups in total. The number of amides is 1. The lowest BCUT2D eigenvalue weighted by Crippen LogP contribution is -2.19. The molecule has 1 heterocycles. The SMILES string of the molecule is CN(C)c1ccc(NC(=O)c2cc(NC3CCCCCC3)ccn2)cc1. The number of pyridine rings is 1. The Morgan fingerprint density at radius 2 is 1.69 bits per heavy atom. The second kappa shape index (κ2) is 8.70. The quantitative estimate of drug-likeness (QED) is 0.776. The maximum atomic E-state index is 12.5. The van der Waals surface area contributed by atoms with Crippen LogP contribution in [0, 0.1) is 0 Å². The largest absolute Gasteiger partial charge is 0.382 e. The van der Waals surface area contributed by atoms with Gasteiger partial charge in [-0.15, -0.1) is 0 Å². The van der Waals surface area contributed by atoms with E-state index in [0.29, 0.717) is 11.7 Å². The van der Waals surface area contributed by atoms with Crippen molar-refractivity contribution in [2.45, 2.75) is 44.6 Å². The normalized spacial score (nSPS) is 15.2. The van der Waals surface area contributed by atoms with E-state index in [9.17, 15) is 4.79 Å². The average molecular weight is 352 g/mol. The second-order valence-corrected chi connectivity index (χ2v) is 7.16. The number of rotatable bonds is 5. The molecule has 1 fully saturated rings. The third-order valence-electron chi connectivity index (χ3n) is 4.86. The molecule has 0 spiro atoms. The molecule has 0 unspecified atom stereocenters. The maximum Gasteiger partial charge on any atom is 0.274 e. The van der Waals surface area contributed by atoms with Crippen LogP contribution in [-0.4, -0.2) is 31.0 Å². The molecule has 0 radical (unpaired) electrons. The highest BCUT2D eigenvalue weighted by molar-refractivity contribution is 6.03. The highest BCUT2D eigenvalue weighted by atomic mass is 16.1. The summed E-state index contributed by atoms with van der Waals surface area (Å²) in [5.74, 6) is -0.188. The van der Waals surface area contributed by atoms with Crippen LogP contribution in [0.25, 0.3) is 0 Å². The number of aromatic nitrogens is 1. The van der Waals surface area contributed by atoms with Crippen LogP contribution in [0.3, 0.4) is 0 Å². The van der Waals surface area contributed by atoms with Crippen LogP contribution in [0.4, 0.5) is 17.1 Å². The van der Waals surface area contributed by atoms with E-state index in [0.717, 1.165) is 17.1 Å². The number of nitrogens with zero attached hydrogens (tertiary/aromatic N) is 2. The number of nitrogens with one attached hydrogen (secondary N) is 2. The van der Waals surface area contributed by atoms with E-state index in [2.05, 4.69) is 15.6 Å². The molecule has 0 atom stereocenters. The van der Waals surface area contributed by atoms with E-state index in [1.165, 1.54) is 38.5 Å². The monoisotopic (exact) mass is 352 g/mol. The van der Waals surface area contributed by atoms with Gasteiger partial charge in [0.15, 0.2) is 0 Å². The van der Waals surface area contributed by atoms with Crippen LogP contribution in [-0.2, 0) is 0 Å². The summed E-state index contributed by atoms with van der Waals surface area (Å²) in [6, 6.07) is 12.0. The van der Waals surface area contributed by atoms with Crippen molar-refractivity contribution in [2.75, 3.05) is 29.6 Å². The molecule has 5 nitrogen and oxygen atoms in total. The molecule has 0 bridgehead atoms. The topological polar surface area (TPSA) is 57.3 Å². The first-order valence-corrected chi connectivity index (χ1v) is 9.43. The van der Waals surface area contributed by atoms with Gasteiger partial charge in [0, 0.05) is 43.4 Å². The number of anilines is 3. The third-order valence-corrected chi connectivity index (χ3v) is 4.86. The molecule has 2 aromatic rings. The van der Waals surface area contributed by atoms with E-state index < -0.39 is 0 Å². The minimum Gasteiger partial charge on any atom is -0.382 e. The zero-order valence-electron chi connectivity index (χ0n) is 15.7. The van der Waals surface area contributed by atoms with Gasteiger partial charge in [-0.25, -0.2) is 0 Å². The summed E-state index contributed by atoms with van der Waals surface area (Å²) < 4.78 is 0. The van der Waals surface area contributed by atoms with Crippen LogP contribution in [0.5, 0.6) is 0 Å². The summed E-state index contributed by atoms with van der Waals surface area (Å²) in [6.07, 6.45) is 9.30. The zero-order chi connectivity index (χ0) is 18.4. The van der Waals surface area contributed by atoms with Crippen LogP contribution >= 0.6 is 0 Å². The highest BCUT2D eigenvalue weighted by Gasteiger charge is 2.14. The molecule has 138 valence electrons. The van der Waals surface area contributed by atoms with Gasteiger partial charge in [-0.1, -0.05) is 25.7 Å². The van der Waals surface area contributed by atoms with Gasteiger partial charge in [-0.2, -0.15) is 0 Å². The lowest BCUT2D eigenvalue weighted by atomic mass is 10.1. The van der Waals surface area contributed by atoms with Gasteiger partial charge in [0.1, 0.15) is 5.69 Å². The van der Waals surface area contributed by atoms with Crippen molar-refractivity contribution >= 4 is 23.0 Å². The summed E-state index contributed by atoms with van der Waals surface area (Å²) in [5.41, 5.74) is 3.26. The molecule has 1 amide bonds. The third kappa shape index (κ3) is 4.97. The van der Waals surface area contributed by atoms with Crippen molar-refractivity contribution in [3.63, 3.8) is 0 Å². The Hall–Kier alpha value is -2.56. The van der Waals surface area contributed by atoms with Crippen molar-refractivity contribution < 1.29 is 4.79 Å². The van der Waals surface area contributed by atoms with Crippen molar-refractivity contribution in [3.8, 4) is 0 Å². The molecule has 26 heavy (non-hydrogen) atoms. The van der Waals surface area contributed by atoms with Crippen molar-refractivity contribution in [2.24, 2.45) is 0 Å². The Morgan fingerprint density at radius 1 is 1.00 bits per heavy atom. The van der Waals surface area contributed by atoms with Gasteiger partial charge < -0.3 is 15.5 Å². The summed E-state index contributed by atoms with van der Waals surface area (Å²) in [5, 5.41) is 6.49. The first-order valence-electron chi connectivity index (χ1n) is 9.43. The van der Waals surface area contributed by atoms with Crippen LogP contribution < -0.4 is 15.5 Å². The van der Waals surface area contributed by atoms with Crippen molar-refractivity contribution in [1.82, 2.24) is 4.98 Å². The van der Waals surface area contributed by atoms with E-state index in [1.807, 2.05) is 55.4 Å². The standard InChI is InChI=1S/C21H28N4O/c1-25(2)19-11-9-17(10-12-19)24-21(26)20-15-18(13-14-22-20)23-16-7-5-3-4-6-8-16/h9-16H,3-8H2,1-2H3,(H,22,23)(H,24,26). The molecule has 3 rings (SSSR count). The summed E-state index contributed by atoms with van der Waals surface area (Å²) in [6.45, 7) is 0. The van der Waals surface area contributed by atoms with E-state index in [4.69, 9.17) is 0 Å². The Bertz CT molecular complexity index is 719. The minimum atomic E-state index is -0.188. The van der Waals surface area contributed by atoms with Crippen molar-refractivity contribution in [3.05, 3.63) is 48.3 Å². The minimum absolute atomic E-state index is 0.188. The van der Waals surface area contributed by atoms with Gasteiger partial charge in [-0.3, -0.25) is 9.78 Å². The summed E-state index contributed by atoms with van der Waals surface area (Å²) >= 11 is 0. The molecule has 1 saturated carbocycles. The number of hydrogen-bond acceptors (Lipinski definition) is 4. The molecule has 1 aromatic carbocycles. The van der Waals surface area contributed by atoms with Gasteiger partial charge in [-0.05, 0) is 49.2 Å². The smallest absolute Gasteiger partial charge is 0.274 e. The molecule has 5 heteroatoms. The molecule has 0 saturated heterocycles.